The third kappa shape index (κ3) is 3.67. The number of aryl methyl sites for hydroxylation is 3. The highest BCUT2D eigenvalue weighted by Gasteiger charge is 2.21. The molecule has 0 amide bonds. The Kier molecular flexibility index (Phi) is 5.21. The minimum atomic E-state index is -2.78. The number of halogens is 3. The zero-order valence-corrected chi connectivity index (χ0v) is 15.3. The maximum atomic E-state index is 13.9. The normalized spacial score (nSPS) is 12.6. The molecule has 0 unspecified atom stereocenters. The van der Waals surface area contributed by atoms with E-state index in [4.69, 9.17) is 0 Å². The van der Waals surface area contributed by atoms with Gasteiger partial charge in [0, 0.05) is 24.3 Å². The van der Waals surface area contributed by atoms with Crippen LogP contribution in [0.1, 0.15) is 35.0 Å². The van der Waals surface area contributed by atoms with Crippen molar-refractivity contribution in [3.8, 4) is 0 Å². The topological polar surface area (TPSA) is 46.9 Å². The van der Waals surface area contributed by atoms with Gasteiger partial charge in [0.05, 0.1) is 11.7 Å². The summed E-state index contributed by atoms with van der Waals surface area (Å²) in [5.74, 6) is 0. The van der Waals surface area contributed by atoms with Crippen LogP contribution < -0.4 is 10.9 Å². The quantitative estimate of drug-likeness (QED) is 0.708. The van der Waals surface area contributed by atoms with E-state index in [1.807, 2.05) is 6.92 Å². The Morgan fingerprint density at radius 2 is 1.89 bits per heavy atom. The third-order valence-electron chi connectivity index (χ3n) is 4.50. The second kappa shape index (κ2) is 7.42. The molecule has 4 nitrogen and oxygen atoms in total. The molecule has 0 aliphatic carbocycles. The van der Waals surface area contributed by atoms with E-state index in [2.05, 4.69) is 10.3 Å². The number of fused-ring (bicyclic) bond motifs is 1. The lowest BCUT2D eigenvalue weighted by Crippen LogP contribution is -2.19. The van der Waals surface area contributed by atoms with Gasteiger partial charge in [0.1, 0.15) is 12.4 Å². The number of aromatic nitrogens is 2. The van der Waals surface area contributed by atoms with Gasteiger partial charge >= 0.3 is 0 Å². The minimum absolute atomic E-state index is 0.0803. The van der Waals surface area contributed by atoms with Crippen LogP contribution in [0.5, 0.6) is 0 Å². The monoisotopic (exact) mass is 375 g/mol. The van der Waals surface area contributed by atoms with E-state index >= 15 is 0 Å². The lowest BCUT2D eigenvalue weighted by molar-refractivity contribution is 0.146. The number of alkyl halides is 3. The van der Waals surface area contributed by atoms with Gasteiger partial charge in [0.15, 0.2) is 0 Å². The molecule has 2 heterocycles. The molecule has 1 atom stereocenters. The highest BCUT2D eigenvalue weighted by molar-refractivity contribution is 5.86. The summed E-state index contributed by atoms with van der Waals surface area (Å²) >= 11 is 0. The summed E-state index contributed by atoms with van der Waals surface area (Å²) in [6.07, 6.45) is -1.18. The number of anilines is 1. The summed E-state index contributed by atoms with van der Waals surface area (Å²) in [4.78, 5) is 16.3. The van der Waals surface area contributed by atoms with Crippen LogP contribution in [0.2, 0.25) is 0 Å². The van der Waals surface area contributed by atoms with Gasteiger partial charge in [-0.2, -0.15) is 0 Å². The van der Waals surface area contributed by atoms with E-state index in [1.165, 1.54) is 10.6 Å². The van der Waals surface area contributed by atoms with E-state index in [1.54, 1.807) is 44.4 Å². The zero-order chi connectivity index (χ0) is 19.7. The molecule has 27 heavy (non-hydrogen) atoms. The Morgan fingerprint density at radius 3 is 2.56 bits per heavy atom. The highest BCUT2D eigenvalue weighted by Crippen LogP contribution is 2.31. The van der Waals surface area contributed by atoms with Gasteiger partial charge in [0.25, 0.3) is 12.0 Å². The maximum Gasteiger partial charge on any atom is 0.282 e. The standard InChI is InChI=1S/C20H20F3N3O/c1-11-8-14(13-6-7-26(3)20(27)15(13)9-11)17(10-21)25-16-5-4-12(2)24-18(16)19(22)23/h4-9,17,19,25H,10H2,1-3H3/t17-/m1/s1. The molecule has 0 saturated heterocycles. The molecule has 0 radical (unpaired) electrons. The van der Waals surface area contributed by atoms with Gasteiger partial charge in [-0.15, -0.1) is 0 Å². The van der Waals surface area contributed by atoms with Crippen LogP contribution in [0.15, 0.2) is 41.3 Å². The number of nitrogens with one attached hydrogen (secondary N) is 1. The van der Waals surface area contributed by atoms with Crippen molar-refractivity contribution in [2.45, 2.75) is 26.3 Å². The van der Waals surface area contributed by atoms with E-state index in [0.29, 0.717) is 22.0 Å². The molecule has 7 heteroatoms. The predicted molar refractivity (Wildman–Crippen MR) is 100 cm³/mol. The molecule has 0 spiro atoms. The van der Waals surface area contributed by atoms with Crippen molar-refractivity contribution in [1.29, 1.82) is 0 Å². The first-order valence-corrected chi connectivity index (χ1v) is 8.50. The number of benzene rings is 1. The summed E-state index contributed by atoms with van der Waals surface area (Å²) in [6, 6.07) is 7.42. The van der Waals surface area contributed by atoms with Crippen LogP contribution in [0.4, 0.5) is 18.9 Å². The van der Waals surface area contributed by atoms with Crippen LogP contribution in [0, 0.1) is 13.8 Å². The first-order chi connectivity index (χ1) is 12.8. The van der Waals surface area contributed by atoms with Gasteiger partial charge < -0.3 is 9.88 Å². The summed E-state index contributed by atoms with van der Waals surface area (Å²) in [6.45, 7) is 2.60. The van der Waals surface area contributed by atoms with Crippen molar-refractivity contribution in [2.75, 3.05) is 12.0 Å². The lowest BCUT2D eigenvalue weighted by Gasteiger charge is -2.21. The number of pyridine rings is 2. The number of hydrogen-bond acceptors (Lipinski definition) is 3. The molecule has 142 valence electrons. The minimum Gasteiger partial charge on any atom is -0.374 e. The van der Waals surface area contributed by atoms with Crippen molar-refractivity contribution in [2.24, 2.45) is 7.05 Å². The zero-order valence-electron chi connectivity index (χ0n) is 15.3. The summed E-state index contributed by atoms with van der Waals surface area (Å²) in [5.41, 5.74) is 1.26. The lowest BCUT2D eigenvalue weighted by atomic mass is 9.97. The van der Waals surface area contributed by atoms with Crippen molar-refractivity contribution < 1.29 is 13.2 Å². The predicted octanol–water partition coefficient (Wildman–Crippen LogP) is 4.61. The third-order valence-corrected chi connectivity index (χ3v) is 4.50. The van der Waals surface area contributed by atoms with Crippen LogP contribution >= 0.6 is 0 Å². The Bertz CT molecular complexity index is 1050. The number of nitrogens with zero attached hydrogens (tertiary/aromatic N) is 2. The fourth-order valence-electron chi connectivity index (χ4n) is 3.17. The van der Waals surface area contributed by atoms with Crippen LogP contribution in [0.3, 0.4) is 0 Å². The Morgan fingerprint density at radius 1 is 1.15 bits per heavy atom. The smallest absolute Gasteiger partial charge is 0.282 e. The maximum absolute atomic E-state index is 13.9. The van der Waals surface area contributed by atoms with E-state index in [-0.39, 0.29) is 11.2 Å². The number of rotatable bonds is 5. The first kappa shape index (κ1) is 18.9. The fraction of sp³-hybridized carbons (Fsp3) is 0.300. The van der Waals surface area contributed by atoms with Crippen LogP contribution in [-0.4, -0.2) is 16.2 Å². The molecular weight excluding hydrogens is 355 g/mol. The van der Waals surface area contributed by atoms with Gasteiger partial charge in [-0.3, -0.25) is 4.79 Å². The Balaban J connectivity index is 2.13. The van der Waals surface area contributed by atoms with Crippen LogP contribution in [0.25, 0.3) is 10.8 Å². The van der Waals surface area contributed by atoms with Gasteiger partial charge in [0.2, 0.25) is 0 Å². The molecule has 3 aromatic rings. The van der Waals surface area contributed by atoms with Gasteiger partial charge in [-0.1, -0.05) is 6.07 Å². The molecule has 0 bridgehead atoms. The van der Waals surface area contributed by atoms with E-state index < -0.39 is 24.8 Å². The first-order valence-electron chi connectivity index (χ1n) is 8.50. The molecule has 2 aromatic heterocycles. The van der Waals surface area contributed by atoms with Crippen molar-refractivity contribution >= 4 is 16.5 Å². The van der Waals surface area contributed by atoms with Crippen molar-refractivity contribution in [3.63, 3.8) is 0 Å². The van der Waals surface area contributed by atoms with Gasteiger partial charge in [-0.05, 0) is 54.6 Å². The van der Waals surface area contributed by atoms with Crippen molar-refractivity contribution in [3.05, 3.63) is 69.4 Å². The fourth-order valence-corrected chi connectivity index (χ4v) is 3.17. The largest absolute Gasteiger partial charge is 0.374 e. The SMILES string of the molecule is Cc1cc([C@@H](CF)Nc2ccc(C)nc2C(F)F)c2ccn(C)c(=O)c2c1. The van der Waals surface area contributed by atoms with E-state index in [9.17, 15) is 18.0 Å². The molecule has 3 rings (SSSR count). The average Bonchev–Trinajstić information content (AvgIpc) is 2.63. The summed E-state index contributed by atoms with van der Waals surface area (Å²) in [5, 5.41) is 3.91. The average molecular weight is 375 g/mol. The molecule has 0 saturated carbocycles. The highest BCUT2D eigenvalue weighted by atomic mass is 19.3. The Labute approximate surface area is 154 Å². The molecule has 0 aliphatic heterocycles. The van der Waals surface area contributed by atoms with Gasteiger partial charge in [-0.25, -0.2) is 18.2 Å². The molecule has 0 aliphatic rings. The van der Waals surface area contributed by atoms with Crippen LogP contribution in [-0.2, 0) is 7.05 Å². The molecule has 1 N–H and O–H groups in total. The Hall–Kier alpha value is -2.83. The summed E-state index contributed by atoms with van der Waals surface area (Å²) in [7, 11) is 1.64. The van der Waals surface area contributed by atoms with Crippen molar-refractivity contribution in [1.82, 2.24) is 9.55 Å². The second-order valence-electron chi connectivity index (χ2n) is 6.58. The molecule has 0 fully saturated rings. The second-order valence-corrected chi connectivity index (χ2v) is 6.58. The molecular formula is C20H20F3N3O. The molecule has 1 aromatic carbocycles. The van der Waals surface area contributed by atoms with E-state index in [0.717, 1.165) is 5.56 Å². The summed E-state index contributed by atoms with van der Waals surface area (Å²) < 4.78 is 42.1. The number of hydrogen-bond donors (Lipinski definition) is 1.